The van der Waals surface area contributed by atoms with Gasteiger partial charge in [-0.15, -0.1) is 10.2 Å². The first-order valence-corrected chi connectivity index (χ1v) is 7.90. The third kappa shape index (κ3) is 4.70. The molecule has 0 bridgehead atoms. The highest BCUT2D eigenvalue weighted by Gasteiger charge is 2.12. The highest BCUT2D eigenvalue weighted by Crippen LogP contribution is 2.20. The Morgan fingerprint density at radius 3 is 2.68 bits per heavy atom. The smallest absolute Gasteiger partial charge is 0.321 e. The van der Waals surface area contributed by atoms with Crippen LogP contribution in [0.5, 0.6) is 5.75 Å². The van der Waals surface area contributed by atoms with Crippen molar-refractivity contribution < 1.29 is 9.53 Å². The van der Waals surface area contributed by atoms with E-state index in [4.69, 9.17) is 4.74 Å². The first-order chi connectivity index (χ1) is 10.4. The number of hydrogen-bond donors (Lipinski definition) is 2. The van der Waals surface area contributed by atoms with E-state index in [2.05, 4.69) is 20.8 Å². The number of rotatable bonds is 5. The lowest BCUT2D eigenvalue weighted by atomic mass is 10.1. The van der Waals surface area contributed by atoms with Crippen LogP contribution >= 0.6 is 11.3 Å². The molecule has 7 heteroatoms. The first kappa shape index (κ1) is 16.2. The van der Waals surface area contributed by atoms with E-state index in [0.717, 1.165) is 16.3 Å². The molecular formula is C15H20N4O2S. The molecule has 22 heavy (non-hydrogen) atoms. The van der Waals surface area contributed by atoms with Gasteiger partial charge in [0.05, 0.1) is 12.1 Å². The van der Waals surface area contributed by atoms with E-state index in [1.807, 2.05) is 52.0 Å². The normalized spacial score (nSPS) is 12.0. The molecule has 2 aromatic rings. The van der Waals surface area contributed by atoms with Crippen LogP contribution in [-0.2, 0) is 0 Å². The molecule has 6 nitrogen and oxygen atoms in total. The van der Waals surface area contributed by atoms with Gasteiger partial charge >= 0.3 is 6.03 Å². The molecule has 1 unspecified atom stereocenters. The number of carbonyl (C=O) groups is 1. The molecular weight excluding hydrogens is 300 g/mol. The summed E-state index contributed by atoms with van der Waals surface area (Å²) in [4.78, 5) is 12.0. The number of hydrogen-bond acceptors (Lipinski definition) is 5. The molecule has 0 spiro atoms. The Bertz CT molecular complexity index is 642. The van der Waals surface area contributed by atoms with Crippen molar-refractivity contribution in [1.29, 1.82) is 0 Å². The van der Waals surface area contributed by atoms with Crippen LogP contribution < -0.4 is 15.4 Å². The van der Waals surface area contributed by atoms with Gasteiger partial charge in [0.25, 0.3) is 0 Å². The number of carbonyl (C=O) groups excluding carboxylic acids is 1. The van der Waals surface area contributed by atoms with Gasteiger partial charge in [-0.2, -0.15) is 0 Å². The van der Waals surface area contributed by atoms with Crippen LogP contribution in [0.2, 0.25) is 0 Å². The minimum atomic E-state index is -0.307. The van der Waals surface area contributed by atoms with Crippen molar-refractivity contribution in [3.05, 3.63) is 34.8 Å². The lowest BCUT2D eigenvalue weighted by Gasteiger charge is -2.16. The van der Waals surface area contributed by atoms with Gasteiger partial charge in [-0.1, -0.05) is 23.5 Å². The number of nitrogens with zero attached hydrogens (tertiary/aromatic N) is 2. The fraction of sp³-hybridized carbons (Fsp3) is 0.400. The van der Waals surface area contributed by atoms with Gasteiger partial charge in [0.15, 0.2) is 0 Å². The highest BCUT2D eigenvalue weighted by atomic mass is 32.1. The second-order valence-electron chi connectivity index (χ2n) is 5.19. The van der Waals surface area contributed by atoms with Crippen LogP contribution in [0, 0.1) is 6.92 Å². The predicted molar refractivity (Wildman–Crippen MR) is 87.4 cm³/mol. The van der Waals surface area contributed by atoms with Crippen molar-refractivity contribution >= 4 is 22.5 Å². The van der Waals surface area contributed by atoms with Gasteiger partial charge < -0.3 is 10.1 Å². The fourth-order valence-corrected chi connectivity index (χ4v) is 2.48. The van der Waals surface area contributed by atoms with Crippen molar-refractivity contribution in [3.63, 3.8) is 0 Å². The quantitative estimate of drug-likeness (QED) is 0.884. The summed E-state index contributed by atoms with van der Waals surface area (Å²) in [6.45, 7) is 7.71. The summed E-state index contributed by atoms with van der Waals surface area (Å²) < 4.78 is 5.66. The second kappa shape index (κ2) is 7.22. The highest BCUT2D eigenvalue weighted by molar-refractivity contribution is 7.15. The van der Waals surface area contributed by atoms with Crippen molar-refractivity contribution in [2.45, 2.75) is 39.8 Å². The van der Waals surface area contributed by atoms with Gasteiger partial charge in [-0.3, -0.25) is 5.32 Å². The molecule has 1 aromatic carbocycles. The molecule has 0 aliphatic rings. The predicted octanol–water partition coefficient (Wildman–Crippen LogP) is 3.52. The maximum absolute atomic E-state index is 12.0. The zero-order valence-corrected chi connectivity index (χ0v) is 13.9. The number of aromatic nitrogens is 2. The Kier molecular flexibility index (Phi) is 5.32. The zero-order chi connectivity index (χ0) is 16.1. The van der Waals surface area contributed by atoms with Crippen LogP contribution in [0.3, 0.4) is 0 Å². The maximum atomic E-state index is 12.0. The van der Waals surface area contributed by atoms with Crippen LogP contribution in [0.4, 0.5) is 9.93 Å². The summed E-state index contributed by atoms with van der Waals surface area (Å²) in [7, 11) is 0. The third-order valence-electron chi connectivity index (χ3n) is 2.82. The van der Waals surface area contributed by atoms with Gasteiger partial charge in [-0.25, -0.2) is 4.79 Å². The Balaban J connectivity index is 1.96. The van der Waals surface area contributed by atoms with E-state index in [-0.39, 0.29) is 18.2 Å². The van der Waals surface area contributed by atoms with Gasteiger partial charge in [0.2, 0.25) is 5.13 Å². The molecule has 0 radical (unpaired) electrons. The van der Waals surface area contributed by atoms with Gasteiger partial charge in [0, 0.05) is 0 Å². The van der Waals surface area contributed by atoms with Crippen molar-refractivity contribution in [3.8, 4) is 5.75 Å². The number of aryl methyl sites for hydroxylation is 1. The lowest BCUT2D eigenvalue weighted by molar-refractivity contribution is 0.241. The van der Waals surface area contributed by atoms with Gasteiger partial charge in [0.1, 0.15) is 10.8 Å². The van der Waals surface area contributed by atoms with Crippen molar-refractivity contribution in [1.82, 2.24) is 15.5 Å². The molecule has 1 aromatic heterocycles. The largest absolute Gasteiger partial charge is 0.491 e. The van der Waals surface area contributed by atoms with E-state index in [9.17, 15) is 4.79 Å². The number of nitrogens with one attached hydrogen (secondary N) is 2. The van der Waals surface area contributed by atoms with Crippen molar-refractivity contribution in [2.24, 2.45) is 0 Å². The molecule has 0 saturated carbocycles. The Labute approximate surface area is 133 Å². The Morgan fingerprint density at radius 2 is 2.05 bits per heavy atom. The summed E-state index contributed by atoms with van der Waals surface area (Å²) in [5.41, 5.74) is 0.974. The summed E-state index contributed by atoms with van der Waals surface area (Å²) >= 11 is 1.33. The third-order valence-corrected chi connectivity index (χ3v) is 3.58. The second-order valence-corrected chi connectivity index (χ2v) is 6.37. The SMILES string of the molecule is Cc1nnc(NC(=O)NC(C)c2cccc(OC(C)C)c2)s1. The Morgan fingerprint density at radius 1 is 1.27 bits per heavy atom. The lowest BCUT2D eigenvalue weighted by Crippen LogP contribution is -2.31. The summed E-state index contributed by atoms with van der Waals surface area (Å²) in [6.07, 6.45) is 0.113. The maximum Gasteiger partial charge on any atom is 0.321 e. The monoisotopic (exact) mass is 320 g/mol. The van der Waals surface area contributed by atoms with E-state index in [0.29, 0.717) is 5.13 Å². The summed E-state index contributed by atoms with van der Waals surface area (Å²) in [6, 6.07) is 7.24. The first-order valence-electron chi connectivity index (χ1n) is 7.08. The number of ether oxygens (including phenoxy) is 1. The number of benzene rings is 1. The van der Waals surface area contributed by atoms with Crippen LogP contribution in [0.25, 0.3) is 0 Å². The summed E-state index contributed by atoms with van der Waals surface area (Å²) in [5.74, 6) is 0.793. The van der Waals surface area contributed by atoms with Crippen LogP contribution in [-0.4, -0.2) is 22.3 Å². The number of urea groups is 1. The standard InChI is InChI=1S/C15H20N4O2S/c1-9(2)21-13-7-5-6-12(8-13)10(3)16-14(20)17-15-19-18-11(4)22-15/h5-10H,1-4H3,(H2,16,17,19,20). The minimum absolute atomic E-state index is 0.113. The van der Waals surface area contributed by atoms with Crippen molar-refractivity contribution in [2.75, 3.05) is 5.32 Å². The molecule has 2 amide bonds. The molecule has 118 valence electrons. The molecule has 2 N–H and O–H groups in total. The molecule has 1 atom stereocenters. The number of amides is 2. The van der Waals surface area contributed by atoms with E-state index in [1.165, 1.54) is 11.3 Å². The van der Waals surface area contributed by atoms with Crippen LogP contribution in [0.15, 0.2) is 24.3 Å². The van der Waals surface area contributed by atoms with Gasteiger partial charge in [-0.05, 0) is 45.4 Å². The molecule has 2 rings (SSSR count). The van der Waals surface area contributed by atoms with E-state index in [1.54, 1.807) is 0 Å². The molecule has 0 saturated heterocycles. The minimum Gasteiger partial charge on any atom is -0.491 e. The zero-order valence-electron chi connectivity index (χ0n) is 13.1. The Hall–Kier alpha value is -2.15. The average molecular weight is 320 g/mol. The van der Waals surface area contributed by atoms with E-state index >= 15 is 0 Å². The summed E-state index contributed by atoms with van der Waals surface area (Å²) in [5, 5.41) is 14.5. The van der Waals surface area contributed by atoms with Crippen LogP contribution in [0.1, 0.15) is 37.4 Å². The molecule has 1 heterocycles. The van der Waals surface area contributed by atoms with E-state index < -0.39 is 0 Å². The average Bonchev–Trinajstić information content (AvgIpc) is 2.83. The molecule has 0 aliphatic carbocycles. The molecule has 0 fully saturated rings. The topological polar surface area (TPSA) is 76.1 Å². The molecule has 0 aliphatic heterocycles. The number of anilines is 1. The fourth-order valence-electron chi connectivity index (χ4n) is 1.89.